The Bertz CT molecular complexity index is 490. The highest BCUT2D eigenvalue weighted by Gasteiger charge is 2.42. The molecule has 2 atom stereocenters. The van der Waals surface area contributed by atoms with Crippen LogP contribution in [0.3, 0.4) is 0 Å². The van der Waals surface area contributed by atoms with Gasteiger partial charge < -0.3 is 5.32 Å². The molecule has 1 aromatic rings. The van der Waals surface area contributed by atoms with Crippen molar-refractivity contribution >= 4 is 0 Å². The average Bonchev–Trinajstić information content (AvgIpc) is 2.49. The lowest BCUT2D eigenvalue weighted by Gasteiger charge is -2.52. The van der Waals surface area contributed by atoms with Crippen molar-refractivity contribution in [3.05, 3.63) is 47.5 Å². The van der Waals surface area contributed by atoms with E-state index >= 15 is 0 Å². The SMILES string of the molecule is CCC1(C)CN(CC=C(C)C)C(C)(c2ccccc2)CN1. The lowest BCUT2D eigenvalue weighted by atomic mass is 9.82. The van der Waals surface area contributed by atoms with Crippen LogP contribution in [0, 0.1) is 0 Å². The van der Waals surface area contributed by atoms with Gasteiger partial charge in [0.05, 0.1) is 5.54 Å². The molecule has 2 unspecified atom stereocenters. The summed E-state index contributed by atoms with van der Waals surface area (Å²) in [5, 5.41) is 3.79. The normalized spacial score (nSPS) is 30.1. The van der Waals surface area contributed by atoms with Crippen molar-refractivity contribution in [3.8, 4) is 0 Å². The molecule has 0 aliphatic carbocycles. The topological polar surface area (TPSA) is 15.3 Å². The van der Waals surface area contributed by atoms with Crippen LogP contribution in [-0.2, 0) is 5.54 Å². The number of hydrogen-bond acceptors (Lipinski definition) is 2. The van der Waals surface area contributed by atoms with Crippen molar-refractivity contribution < 1.29 is 0 Å². The second-order valence-corrected chi connectivity index (χ2v) is 7.07. The number of nitrogens with zero attached hydrogens (tertiary/aromatic N) is 1. The van der Waals surface area contributed by atoms with Gasteiger partial charge in [-0.3, -0.25) is 4.90 Å². The van der Waals surface area contributed by atoms with E-state index in [0.717, 1.165) is 26.1 Å². The van der Waals surface area contributed by atoms with E-state index in [1.54, 1.807) is 0 Å². The Morgan fingerprint density at radius 3 is 2.48 bits per heavy atom. The summed E-state index contributed by atoms with van der Waals surface area (Å²) in [7, 11) is 0. The molecule has 1 aromatic carbocycles. The molecule has 116 valence electrons. The minimum Gasteiger partial charge on any atom is -0.308 e. The number of piperazine rings is 1. The van der Waals surface area contributed by atoms with Crippen LogP contribution >= 0.6 is 0 Å². The van der Waals surface area contributed by atoms with Crippen molar-refractivity contribution in [2.24, 2.45) is 0 Å². The third-order valence-electron chi connectivity index (χ3n) is 4.99. The highest BCUT2D eigenvalue weighted by molar-refractivity contribution is 5.26. The Morgan fingerprint density at radius 1 is 1.24 bits per heavy atom. The highest BCUT2D eigenvalue weighted by atomic mass is 15.3. The van der Waals surface area contributed by atoms with E-state index in [9.17, 15) is 0 Å². The quantitative estimate of drug-likeness (QED) is 0.843. The lowest BCUT2D eigenvalue weighted by Crippen LogP contribution is -2.66. The Balaban J connectivity index is 2.32. The average molecular weight is 286 g/mol. The Labute approximate surface area is 130 Å². The maximum atomic E-state index is 3.79. The second kappa shape index (κ2) is 6.33. The fourth-order valence-electron chi connectivity index (χ4n) is 3.03. The number of hydrogen-bond donors (Lipinski definition) is 1. The standard InChI is InChI=1S/C19H30N2/c1-6-18(4)15-21(13-12-16(2)3)19(5,14-20-18)17-10-8-7-9-11-17/h7-12,20H,6,13-15H2,1-5H3. The first-order chi connectivity index (χ1) is 9.89. The van der Waals surface area contributed by atoms with Gasteiger partial charge in [0.15, 0.2) is 0 Å². The predicted octanol–water partition coefficient (Wildman–Crippen LogP) is 3.94. The summed E-state index contributed by atoms with van der Waals surface area (Å²) in [6, 6.07) is 10.9. The van der Waals surface area contributed by atoms with Gasteiger partial charge in [-0.1, -0.05) is 48.9 Å². The van der Waals surface area contributed by atoms with Crippen LogP contribution in [0.25, 0.3) is 0 Å². The molecular weight excluding hydrogens is 256 g/mol. The van der Waals surface area contributed by atoms with Crippen molar-refractivity contribution in [2.45, 2.75) is 52.1 Å². The van der Waals surface area contributed by atoms with E-state index < -0.39 is 0 Å². The monoisotopic (exact) mass is 286 g/mol. The molecule has 0 aromatic heterocycles. The molecule has 1 aliphatic heterocycles. The van der Waals surface area contributed by atoms with E-state index in [1.807, 2.05) is 0 Å². The lowest BCUT2D eigenvalue weighted by molar-refractivity contribution is 0.0265. The molecule has 0 radical (unpaired) electrons. The van der Waals surface area contributed by atoms with Gasteiger partial charge in [0, 0.05) is 25.2 Å². The van der Waals surface area contributed by atoms with Crippen LogP contribution in [0.1, 0.15) is 46.6 Å². The van der Waals surface area contributed by atoms with Gasteiger partial charge >= 0.3 is 0 Å². The molecule has 0 bridgehead atoms. The maximum Gasteiger partial charge on any atom is 0.0561 e. The third kappa shape index (κ3) is 3.56. The smallest absolute Gasteiger partial charge is 0.0561 e. The van der Waals surface area contributed by atoms with Crippen molar-refractivity contribution in [2.75, 3.05) is 19.6 Å². The van der Waals surface area contributed by atoms with Crippen molar-refractivity contribution in [1.82, 2.24) is 10.2 Å². The molecule has 21 heavy (non-hydrogen) atoms. The molecular formula is C19H30N2. The first-order valence-corrected chi connectivity index (χ1v) is 8.08. The fourth-order valence-corrected chi connectivity index (χ4v) is 3.03. The molecule has 2 nitrogen and oxygen atoms in total. The summed E-state index contributed by atoms with van der Waals surface area (Å²) in [6.45, 7) is 14.4. The molecule has 0 amide bonds. The van der Waals surface area contributed by atoms with E-state index in [1.165, 1.54) is 11.1 Å². The maximum absolute atomic E-state index is 3.79. The first kappa shape index (κ1) is 16.3. The van der Waals surface area contributed by atoms with Gasteiger partial charge in [-0.25, -0.2) is 0 Å². The molecule has 2 rings (SSSR count). The number of allylic oxidation sites excluding steroid dienone is 1. The van der Waals surface area contributed by atoms with Crippen molar-refractivity contribution in [1.29, 1.82) is 0 Å². The van der Waals surface area contributed by atoms with E-state index in [0.29, 0.717) is 0 Å². The van der Waals surface area contributed by atoms with Gasteiger partial charge in [0.25, 0.3) is 0 Å². The van der Waals surface area contributed by atoms with E-state index in [2.05, 4.69) is 81.2 Å². The summed E-state index contributed by atoms with van der Waals surface area (Å²) >= 11 is 0. The van der Waals surface area contributed by atoms with Gasteiger partial charge in [-0.05, 0) is 39.7 Å². The highest BCUT2D eigenvalue weighted by Crippen LogP contribution is 2.34. The largest absolute Gasteiger partial charge is 0.308 e. The van der Waals surface area contributed by atoms with Crippen LogP contribution in [0.5, 0.6) is 0 Å². The Kier molecular flexibility index (Phi) is 4.90. The van der Waals surface area contributed by atoms with Gasteiger partial charge in [-0.2, -0.15) is 0 Å². The van der Waals surface area contributed by atoms with Gasteiger partial charge in [-0.15, -0.1) is 0 Å². The molecule has 1 aliphatic rings. The van der Waals surface area contributed by atoms with Gasteiger partial charge in [0.2, 0.25) is 0 Å². The zero-order valence-corrected chi connectivity index (χ0v) is 14.2. The first-order valence-electron chi connectivity index (χ1n) is 8.08. The third-order valence-corrected chi connectivity index (χ3v) is 4.99. The summed E-state index contributed by atoms with van der Waals surface area (Å²) in [5.74, 6) is 0. The molecule has 0 spiro atoms. The summed E-state index contributed by atoms with van der Waals surface area (Å²) in [4.78, 5) is 2.63. The molecule has 1 heterocycles. The Morgan fingerprint density at radius 2 is 1.90 bits per heavy atom. The van der Waals surface area contributed by atoms with Gasteiger partial charge in [0.1, 0.15) is 0 Å². The van der Waals surface area contributed by atoms with Crippen LogP contribution in [-0.4, -0.2) is 30.1 Å². The zero-order chi connectivity index (χ0) is 15.5. The predicted molar refractivity (Wildman–Crippen MR) is 91.5 cm³/mol. The molecule has 1 saturated heterocycles. The minimum absolute atomic E-state index is 0.0574. The second-order valence-electron chi connectivity index (χ2n) is 7.07. The summed E-state index contributed by atoms with van der Waals surface area (Å²) < 4.78 is 0. The Hall–Kier alpha value is -1.12. The molecule has 2 heteroatoms. The minimum atomic E-state index is 0.0574. The van der Waals surface area contributed by atoms with Crippen LogP contribution in [0.2, 0.25) is 0 Å². The molecule has 1 N–H and O–H groups in total. The number of benzene rings is 1. The van der Waals surface area contributed by atoms with Crippen LogP contribution in [0.15, 0.2) is 42.0 Å². The zero-order valence-electron chi connectivity index (χ0n) is 14.2. The number of nitrogens with one attached hydrogen (secondary N) is 1. The van der Waals surface area contributed by atoms with Crippen molar-refractivity contribution in [3.63, 3.8) is 0 Å². The molecule has 1 fully saturated rings. The summed E-state index contributed by atoms with van der Waals surface area (Å²) in [5.41, 5.74) is 3.06. The van der Waals surface area contributed by atoms with E-state index in [4.69, 9.17) is 0 Å². The fraction of sp³-hybridized carbons (Fsp3) is 0.579. The number of rotatable bonds is 4. The molecule has 0 saturated carbocycles. The van der Waals surface area contributed by atoms with E-state index in [-0.39, 0.29) is 11.1 Å². The van der Waals surface area contributed by atoms with Crippen LogP contribution < -0.4 is 5.32 Å². The van der Waals surface area contributed by atoms with Crippen LogP contribution in [0.4, 0.5) is 0 Å². The summed E-state index contributed by atoms with van der Waals surface area (Å²) in [6.07, 6.45) is 3.51.